The van der Waals surface area contributed by atoms with Gasteiger partial charge in [-0.3, -0.25) is 4.79 Å². The molecule has 1 aromatic heterocycles. The van der Waals surface area contributed by atoms with Crippen LogP contribution in [-0.2, 0) is 16.0 Å². The lowest BCUT2D eigenvalue weighted by Crippen LogP contribution is -2.56. The fourth-order valence-corrected chi connectivity index (χ4v) is 3.26. The second kappa shape index (κ2) is 7.22. The summed E-state index contributed by atoms with van der Waals surface area (Å²) in [6.45, 7) is -0.545. The van der Waals surface area contributed by atoms with E-state index in [-0.39, 0.29) is 6.42 Å². The first-order valence-electron chi connectivity index (χ1n) is 8.07. The van der Waals surface area contributed by atoms with Crippen LogP contribution >= 0.6 is 0 Å². The number of ether oxygens (including phenoxy) is 2. The fourth-order valence-electron chi connectivity index (χ4n) is 3.26. The van der Waals surface area contributed by atoms with Crippen molar-refractivity contribution in [1.29, 1.82) is 0 Å². The molecule has 0 aliphatic carbocycles. The maximum absolute atomic E-state index is 11.2. The highest BCUT2D eigenvalue weighted by Gasteiger charge is 2.44. The molecule has 0 spiro atoms. The number of aliphatic hydroxyl groups is 4. The van der Waals surface area contributed by atoms with Gasteiger partial charge >= 0.3 is 5.97 Å². The van der Waals surface area contributed by atoms with Crippen molar-refractivity contribution >= 4 is 16.9 Å². The minimum atomic E-state index is -1.52. The normalized spacial score (nSPS) is 29.0. The molecule has 2 aromatic rings. The highest BCUT2D eigenvalue weighted by molar-refractivity contribution is 5.88. The maximum atomic E-state index is 11.2. The van der Waals surface area contributed by atoms with Gasteiger partial charge in [0.15, 0.2) is 6.23 Å². The van der Waals surface area contributed by atoms with Crippen molar-refractivity contribution in [2.24, 2.45) is 0 Å². The Kier molecular flexibility index (Phi) is 5.17. The van der Waals surface area contributed by atoms with Crippen molar-refractivity contribution in [3.05, 3.63) is 30.0 Å². The van der Waals surface area contributed by atoms with Crippen molar-refractivity contribution < 1.29 is 39.8 Å². The van der Waals surface area contributed by atoms with Gasteiger partial charge in [0, 0.05) is 11.6 Å². The highest BCUT2D eigenvalue weighted by Crippen LogP contribution is 2.34. The molecule has 9 heteroatoms. The molecule has 9 nitrogen and oxygen atoms in total. The summed E-state index contributed by atoms with van der Waals surface area (Å²) >= 11 is 0. The molecule has 0 bridgehead atoms. The van der Waals surface area contributed by atoms with E-state index in [0.29, 0.717) is 22.2 Å². The SMILES string of the molecule is COc1ccc2c(c1)c(CC(=O)O)cn2[C@@H]1O[C@H](CO)[C@@H](O)[C@H](O)[C@H]1O. The van der Waals surface area contributed by atoms with Gasteiger partial charge in [-0.15, -0.1) is 0 Å². The molecule has 1 fully saturated rings. The van der Waals surface area contributed by atoms with Gasteiger partial charge in [-0.1, -0.05) is 0 Å². The number of benzene rings is 1. The standard InChI is InChI=1S/C17H21NO8/c1-25-9-2-3-11-10(5-9)8(4-13(20)21)6-18(11)17-16(24)15(23)14(22)12(7-19)26-17/h2-3,5-6,12,14-17,19,22-24H,4,7H2,1H3,(H,20,21)/t12-,14-,15+,16-,17-/m1/s1. The average molecular weight is 367 g/mol. The predicted octanol–water partition coefficient (Wildman–Crippen LogP) is -0.751. The van der Waals surface area contributed by atoms with Gasteiger partial charge in [0.2, 0.25) is 0 Å². The van der Waals surface area contributed by atoms with Gasteiger partial charge in [0.05, 0.1) is 25.7 Å². The monoisotopic (exact) mass is 367 g/mol. The van der Waals surface area contributed by atoms with Gasteiger partial charge in [-0.25, -0.2) is 0 Å². The number of rotatable bonds is 5. The van der Waals surface area contributed by atoms with Crippen LogP contribution < -0.4 is 4.74 Å². The van der Waals surface area contributed by atoms with Crippen LogP contribution in [0.1, 0.15) is 11.8 Å². The molecule has 5 atom stereocenters. The van der Waals surface area contributed by atoms with E-state index in [0.717, 1.165) is 0 Å². The van der Waals surface area contributed by atoms with Crippen molar-refractivity contribution in [3.8, 4) is 5.75 Å². The van der Waals surface area contributed by atoms with Crippen LogP contribution in [0.2, 0.25) is 0 Å². The third-order valence-electron chi connectivity index (χ3n) is 4.61. The smallest absolute Gasteiger partial charge is 0.307 e. The molecule has 1 aliphatic rings. The van der Waals surface area contributed by atoms with Crippen LogP contribution in [0.4, 0.5) is 0 Å². The summed E-state index contributed by atoms with van der Waals surface area (Å²) in [5, 5.41) is 49.4. The minimum Gasteiger partial charge on any atom is -0.497 e. The molecule has 0 unspecified atom stereocenters. The van der Waals surface area contributed by atoms with Crippen LogP contribution in [0.3, 0.4) is 0 Å². The van der Waals surface area contributed by atoms with E-state index in [4.69, 9.17) is 14.6 Å². The number of hydrogen-bond acceptors (Lipinski definition) is 7. The van der Waals surface area contributed by atoms with E-state index < -0.39 is 43.2 Å². The number of aliphatic hydroxyl groups excluding tert-OH is 4. The van der Waals surface area contributed by atoms with E-state index in [1.807, 2.05) is 0 Å². The van der Waals surface area contributed by atoms with E-state index in [9.17, 15) is 25.2 Å². The zero-order valence-electron chi connectivity index (χ0n) is 14.0. The van der Waals surface area contributed by atoms with Crippen LogP contribution in [0, 0.1) is 0 Å². The predicted molar refractivity (Wildman–Crippen MR) is 88.8 cm³/mol. The summed E-state index contributed by atoms with van der Waals surface area (Å²) in [5.74, 6) is -0.489. The summed E-state index contributed by atoms with van der Waals surface area (Å²) in [6, 6.07) is 5.03. The van der Waals surface area contributed by atoms with Crippen molar-refractivity contribution in [2.45, 2.75) is 37.1 Å². The third kappa shape index (κ3) is 3.15. The van der Waals surface area contributed by atoms with Gasteiger partial charge in [-0.05, 0) is 23.8 Å². The Morgan fingerprint density at radius 3 is 2.58 bits per heavy atom. The highest BCUT2D eigenvalue weighted by atomic mass is 16.6. The third-order valence-corrected chi connectivity index (χ3v) is 4.61. The molecular weight excluding hydrogens is 346 g/mol. The lowest BCUT2D eigenvalue weighted by Gasteiger charge is -2.40. The van der Waals surface area contributed by atoms with E-state index >= 15 is 0 Å². The number of fused-ring (bicyclic) bond motifs is 1. The number of carboxylic acid groups (broad SMARTS) is 1. The van der Waals surface area contributed by atoms with Gasteiger partial charge in [0.1, 0.15) is 30.2 Å². The molecule has 2 heterocycles. The van der Waals surface area contributed by atoms with Crippen molar-refractivity contribution in [1.82, 2.24) is 4.57 Å². The first-order chi connectivity index (χ1) is 12.4. The molecule has 1 aliphatic heterocycles. The molecule has 142 valence electrons. The molecule has 0 saturated carbocycles. The Hall–Kier alpha value is -2.17. The molecule has 5 N–H and O–H groups in total. The molecule has 3 rings (SSSR count). The van der Waals surface area contributed by atoms with E-state index in [1.165, 1.54) is 17.9 Å². The number of methoxy groups -OCH3 is 1. The molecule has 26 heavy (non-hydrogen) atoms. The Morgan fingerprint density at radius 2 is 1.96 bits per heavy atom. The van der Waals surface area contributed by atoms with Crippen molar-refractivity contribution in [3.63, 3.8) is 0 Å². The summed E-state index contributed by atoms with van der Waals surface area (Å²) in [4.78, 5) is 11.2. The Labute approximate surface area is 148 Å². The zero-order valence-corrected chi connectivity index (χ0v) is 14.0. The number of nitrogens with zero attached hydrogens (tertiary/aromatic N) is 1. The maximum Gasteiger partial charge on any atom is 0.307 e. The fraction of sp³-hybridized carbons (Fsp3) is 0.471. The van der Waals surface area contributed by atoms with Gasteiger partial charge in [-0.2, -0.15) is 0 Å². The first kappa shape index (κ1) is 18.6. The van der Waals surface area contributed by atoms with Crippen LogP contribution in [0.15, 0.2) is 24.4 Å². The molecule has 0 radical (unpaired) electrons. The number of aliphatic carboxylic acids is 1. The van der Waals surface area contributed by atoms with E-state index in [2.05, 4.69) is 0 Å². The lowest BCUT2D eigenvalue weighted by molar-refractivity contribution is -0.250. The lowest BCUT2D eigenvalue weighted by atomic mass is 9.98. The number of carbonyl (C=O) groups is 1. The first-order valence-corrected chi connectivity index (χ1v) is 8.07. The van der Waals surface area contributed by atoms with Crippen molar-refractivity contribution in [2.75, 3.05) is 13.7 Å². The molecule has 1 aromatic carbocycles. The van der Waals surface area contributed by atoms with Gasteiger partial charge < -0.3 is 39.6 Å². The largest absolute Gasteiger partial charge is 0.497 e. The average Bonchev–Trinajstić information content (AvgIpc) is 2.97. The Bertz CT molecular complexity index is 801. The summed E-state index contributed by atoms with van der Waals surface area (Å²) in [5.41, 5.74) is 1.04. The Balaban J connectivity index is 2.10. The number of carboxylic acids is 1. The summed E-state index contributed by atoms with van der Waals surface area (Å²) in [7, 11) is 1.49. The minimum absolute atomic E-state index is 0.256. The molecular formula is C17H21NO8. The van der Waals surface area contributed by atoms with Crippen LogP contribution in [0.5, 0.6) is 5.75 Å². The molecule has 1 saturated heterocycles. The zero-order chi connectivity index (χ0) is 19.0. The number of hydrogen-bond donors (Lipinski definition) is 5. The topological polar surface area (TPSA) is 142 Å². The summed E-state index contributed by atoms with van der Waals surface area (Å²) in [6.07, 6.45) is -5.36. The summed E-state index contributed by atoms with van der Waals surface area (Å²) < 4.78 is 12.2. The number of aromatic nitrogens is 1. The quantitative estimate of drug-likeness (QED) is 0.465. The van der Waals surface area contributed by atoms with Gasteiger partial charge in [0.25, 0.3) is 0 Å². The Morgan fingerprint density at radius 1 is 1.23 bits per heavy atom. The van der Waals surface area contributed by atoms with E-state index in [1.54, 1.807) is 18.2 Å². The van der Waals surface area contributed by atoms with Crippen LogP contribution in [0.25, 0.3) is 10.9 Å². The van der Waals surface area contributed by atoms with Crippen LogP contribution in [-0.4, -0.2) is 74.2 Å². The second-order valence-corrected chi connectivity index (χ2v) is 6.23. The molecule has 0 amide bonds. The second-order valence-electron chi connectivity index (χ2n) is 6.23.